The van der Waals surface area contributed by atoms with Crippen molar-refractivity contribution in [1.82, 2.24) is 0 Å². The number of benzene rings is 8. The van der Waals surface area contributed by atoms with E-state index in [1.54, 1.807) is 0 Å². The van der Waals surface area contributed by atoms with Crippen LogP contribution in [0.15, 0.2) is 170 Å². The third-order valence-electron chi connectivity index (χ3n) is 9.51. The maximum Gasteiger partial charge on any atom is -0.0000664 e. The lowest BCUT2D eigenvalue weighted by Crippen LogP contribution is -2.06. The van der Waals surface area contributed by atoms with Crippen molar-refractivity contribution in [1.29, 1.82) is 0 Å². The minimum atomic E-state index is 0.879. The lowest BCUT2D eigenvalue weighted by atomic mass is 9.76. The molecule has 0 heteroatoms. The van der Waals surface area contributed by atoms with Gasteiger partial charge in [0.05, 0.1) is 0 Å². The summed E-state index contributed by atoms with van der Waals surface area (Å²) in [6, 6.07) is 62.3. The largest absolute Gasteiger partial charge is 0.0622 e. The van der Waals surface area contributed by atoms with Gasteiger partial charge in [0.1, 0.15) is 0 Å². The van der Waals surface area contributed by atoms with E-state index in [-0.39, 0.29) is 0 Å². The molecule has 0 nitrogen and oxygen atoms in total. The van der Waals surface area contributed by atoms with Crippen LogP contribution in [0.2, 0.25) is 0 Å². The predicted octanol–water partition coefficient (Wildman–Crippen LogP) is 12.2. The van der Waals surface area contributed by atoms with Gasteiger partial charge in [0.25, 0.3) is 0 Å². The second kappa shape index (κ2) is 10.5. The second-order valence-corrected chi connectivity index (χ2v) is 12.0. The molecule has 0 aliphatic heterocycles. The molecular formula is C45H30. The van der Waals surface area contributed by atoms with E-state index in [1.807, 2.05) is 0 Å². The van der Waals surface area contributed by atoms with Crippen LogP contribution in [-0.4, -0.2) is 0 Å². The maximum absolute atomic E-state index is 2.38. The summed E-state index contributed by atoms with van der Waals surface area (Å²) in [6.45, 7) is 0. The molecule has 0 N–H and O–H groups in total. The van der Waals surface area contributed by atoms with Gasteiger partial charge < -0.3 is 0 Å². The van der Waals surface area contributed by atoms with Crippen molar-refractivity contribution in [2.75, 3.05) is 0 Å². The minimum absolute atomic E-state index is 0.879. The lowest BCUT2D eigenvalue weighted by Gasteiger charge is -2.27. The van der Waals surface area contributed by atoms with Crippen LogP contribution in [0, 0.1) is 0 Å². The van der Waals surface area contributed by atoms with Gasteiger partial charge in [0, 0.05) is 0 Å². The molecule has 45 heavy (non-hydrogen) atoms. The van der Waals surface area contributed by atoms with E-state index < -0.39 is 0 Å². The monoisotopic (exact) mass is 570 g/mol. The highest BCUT2D eigenvalue weighted by atomic mass is 14.3. The van der Waals surface area contributed by atoms with E-state index in [1.165, 1.54) is 88.3 Å². The number of fused-ring (bicyclic) bond motifs is 4. The van der Waals surface area contributed by atoms with Crippen LogP contribution in [0.25, 0.3) is 77.2 Å². The van der Waals surface area contributed by atoms with Crippen LogP contribution in [0.3, 0.4) is 0 Å². The Bertz CT molecular complexity index is 2380. The van der Waals surface area contributed by atoms with Crippen molar-refractivity contribution in [3.8, 4) is 55.6 Å². The molecule has 0 aromatic heterocycles. The van der Waals surface area contributed by atoms with Crippen molar-refractivity contribution in [2.24, 2.45) is 0 Å². The van der Waals surface area contributed by atoms with E-state index in [9.17, 15) is 0 Å². The summed E-state index contributed by atoms with van der Waals surface area (Å²) < 4.78 is 0. The zero-order chi connectivity index (χ0) is 29.7. The Kier molecular flexibility index (Phi) is 5.99. The first-order chi connectivity index (χ1) is 22.3. The number of hydrogen-bond acceptors (Lipinski definition) is 0. The first kappa shape index (κ1) is 25.7. The topological polar surface area (TPSA) is 0 Å². The Morgan fingerprint density at radius 3 is 1.51 bits per heavy atom. The molecule has 9 rings (SSSR count). The molecule has 0 radical (unpaired) electrons. The molecule has 210 valence electrons. The smallest absolute Gasteiger partial charge is 0.0000664 e. The summed E-state index contributed by atoms with van der Waals surface area (Å²) in [5.41, 5.74) is 15.7. The standard InChI is InChI=1S/C45H30/c1-3-13-30(14-4-1)32-17-9-19-34(27-32)36-23-11-24-38-41-26-12-25-40-37-21-7-8-22-39(37)44(43(45(40)41)29-42(36)38)35-20-10-18-33(28-35)31-15-5-2-6-16-31/h1-28H,29H2. The van der Waals surface area contributed by atoms with Gasteiger partial charge in [-0.05, 0) is 107 Å². The second-order valence-electron chi connectivity index (χ2n) is 12.0. The van der Waals surface area contributed by atoms with Crippen LogP contribution in [0.1, 0.15) is 11.1 Å². The molecule has 1 aliphatic carbocycles. The van der Waals surface area contributed by atoms with Gasteiger partial charge in [-0.25, -0.2) is 0 Å². The van der Waals surface area contributed by atoms with E-state index in [0.717, 1.165) is 6.42 Å². The summed E-state index contributed by atoms with van der Waals surface area (Å²) in [5.74, 6) is 0. The van der Waals surface area contributed by atoms with Crippen LogP contribution >= 0.6 is 0 Å². The highest BCUT2D eigenvalue weighted by Crippen LogP contribution is 2.49. The lowest BCUT2D eigenvalue weighted by molar-refractivity contribution is 1.21. The zero-order valence-electron chi connectivity index (χ0n) is 24.9. The summed E-state index contributed by atoms with van der Waals surface area (Å²) in [6.07, 6.45) is 0.879. The van der Waals surface area contributed by atoms with Crippen molar-refractivity contribution < 1.29 is 0 Å². The molecule has 0 fully saturated rings. The Hall–Kier alpha value is -5.72. The van der Waals surface area contributed by atoms with E-state index in [0.29, 0.717) is 0 Å². The molecule has 1 aliphatic rings. The van der Waals surface area contributed by atoms with Crippen molar-refractivity contribution in [3.05, 3.63) is 181 Å². The Morgan fingerprint density at radius 2 is 0.778 bits per heavy atom. The molecule has 8 aromatic rings. The Labute approximate surface area is 263 Å². The van der Waals surface area contributed by atoms with Crippen LogP contribution in [0.4, 0.5) is 0 Å². The average Bonchev–Trinajstić information content (AvgIpc) is 3.12. The third kappa shape index (κ3) is 4.22. The van der Waals surface area contributed by atoms with Gasteiger partial charge in [-0.2, -0.15) is 0 Å². The Balaban J connectivity index is 1.31. The van der Waals surface area contributed by atoms with Gasteiger partial charge >= 0.3 is 0 Å². The highest BCUT2D eigenvalue weighted by Gasteiger charge is 2.26. The normalized spacial score (nSPS) is 11.9. The van der Waals surface area contributed by atoms with Gasteiger partial charge in [-0.15, -0.1) is 0 Å². The molecule has 0 heterocycles. The van der Waals surface area contributed by atoms with E-state index in [4.69, 9.17) is 0 Å². The van der Waals surface area contributed by atoms with E-state index in [2.05, 4.69) is 170 Å². The average molecular weight is 571 g/mol. The molecule has 0 saturated heterocycles. The predicted molar refractivity (Wildman–Crippen MR) is 191 cm³/mol. The fourth-order valence-corrected chi connectivity index (χ4v) is 7.52. The molecule has 0 unspecified atom stereocenters. The van der Waals surface area contributed by atoms with Gasteiger partial charge in [-0.1, -0.05) is 158 Å². The highest BCUT2D eigenvalue weighted by molar-refractivity contribution is 6.20. The van der Waals surface area contributed by atoms with E-state index >= 15 is 0 Å². The SMILES string of the molecule is c1ccc(-c2cccc(-c3cccc4c3Cc3c(-c5cccc(-c6ccccc6)c5)c5ccccc5c5cccc-4c35)c2)cc1. The molecule has 0 atom stereocenters. The zero-order valence-corrected chi connectivity index (χ0v) is 24.9. The van der Waals surface area contributed by atoms with Gasteiger partial charge in [0.15, 0.2) is 0 Å². The van der Waals surface area contributed by atoms with Crippen LogP contribution in [-0.2, 0) is 6.42 Å². The van der Waals surface area contributed by atoms with Crippen molar-refractivity contribution in [3.63, 3.8) is 0 Å². The van der Waals surface area contributed by atoms with Gasteiger partial charge in [-0.3, -0.25) is 0 Å². The summed E-state index contributed by atoms with van der Waals surface area (Å²) >= 11 is 0. The molecule has 8 aromatic carbocycles. The fourth-order valence-electron chi connectivity index (χ4n) is 7.52. The molecule has 0 spiro atoms. The Morgan fingerprint density at radius 1 is 0.289 bits per heavy atom. The fraction of sp³-hybridized carbons (Fsp3) is 0.0222. The van der Waals surface area contributed by atoms with Crippen LogP contribution < -0.4 is 0 Å². The summed E-state index contributed by atoms with van der Waals surface area (Å²) in [5, 5.41) is 5.35. The first-order valence-corrected chi connectivity index (χ1v) is 15.7. The number of rotatable bonds is 4. The minimum Gasteiger partial charge on any atom is -0.0622 e. The molecular weight excluding hydrogens is 540 g/mol. The van der Waals surface area contributed by atoms with Gasteiger partial charge in [0.2, 0.25) is 0 Å². The summed E-state index contributed by atoms with van der Waals surface area (Å²) in [4.78, 5) is 0. The molecule has 0 bridgehead atoms. The van der Waals surface area contributed by atoms with Crippen LogP contribution in [0.5, 0.6) is 0 Å². The van der Waals surface area contributed by atoms with Crippen molar-refractivity contribution in [2.45, 2.75) is 6.42 Å². The van der Waals surface area contributed by atoms with Crippen molar-refractivity contribution >= 4 is 21.5 Å². The quantitative estimate of drug-likeness (QED) is 0.185. The molecule has 0 amide bonds. The third-order valence-corrected chi connectivity index (χ3v) is 9.51. The summed E-state index contributed by atoms with van der Waals surface area (Å²) in [7, 11) is 0. The molecule has 0 saturated carbocycles. The number of hydrogen-bond donors (Lipinski definition) is 0. The first-order valence-electron chi connectivity index (χ1n) is 15.7. The maximum atomic E-state index is 2.38.